The van der Waals surface area contributed by atoms with Gasteiger partial charge in [0.2, 0.25) is 5.91 Å². The van der Waals surface area contributed by atoms with Crippen LogP contribution in [-0.2, 0) is 4.79 Å². The predicted molar refractivity (Wildman–Crippen MR) is 40.0 cm³/mol. The predicted octanol–water partition coefficient (Wildman–Crippen LogP) is 0.560. The average Bonchev–Trinajstić information content (AvgIpc) is 1.90. The zero-order chi connectivity index (χ0) is 6.69. The highest BCUT2D eigenvalue weighted by Gasteiger charge is 2.17. The summed E-state index contributed by atoms with van der Waals surface area (Å²) in [6, 6.07) is 0. The molecule has 0 saturated carbocycles. The van der Waals surface area contributed by atoms with Crippen molar-refractivity contribution in [3.63, 3.8) is 0 Å². The van der Waals surface area contributed by atoms with Gasteiger partial charge in [-0.2, -0.15) is 0 Å². The number of primary amides is 1. The van der Waals surface area contributed by atoms with Gasteiger partial charge in [-0.05, 0) is 25.2 Å². The van der Waals surface area contributed by atoms with E-state index >= 15 is 0 Å². The maximum Gasteiger partial charge on any atom is 0.220 e. The van der Waals surface area contributed by atoms with E-state index < -0.39 is 0 Å². The maximum absolute atomic E-state index is 10.6. The average molecular weight is 145 g/mol. The molecule has 1 amide bonds. The number of nitrogens with two attached hydrogens (primary N) is 1. The fourth-order valence-corrected chi connectivity index (χ4v) is 2.51. The highest BCUT2D eigenvalue weighted by Crippen LogP contribution is 2.26. The van der Waals surface area contributed by atoms with Crippen molar-refractivity contribution in [3.8, 4) is 0 Å². The third-order valence-corrected chi connectivity index (χ3v) is 3.19. The summed E-state index contributed by atoms with van der Waals surface area (Å²) in [5, 5.41) is 0. The van der Waals surface area contributed by atoms with Crippen LogP contribution in [0, 0.1) is 5.92 Å². The minimum absolute atomic E-state index is 0.0952. The second-order valence-corrected chi connectivity index (χ2v) is 3.85. The van der Waals surface area contributed by atoms with Crippen molar-refractivity contribution in [2.45, 2.75) is 12.8 Å². The van der Waals surface area contributed by atoms with Crippen LogP contribution in [-0.4, -0.2) is 18.2 Å². The first-order chi connectivity index (χ1) is 4.30. The van der Waals surface area contributed by atoms with E-state index in [1.165, 1.54) is 12.6 Å². The molecule has 0 aromatic heterocycles. The second kappa shape index (κ2) is 3.17. The fourth-order valence-electron chi connectivity index (χ4n) is 1.09. The Balaban J connectivity index is 2.31. The molecule has 1 saturated heterocycles. The van der Waals surface area contributed by atoms with E-state index in [-0.39, 0.29) is 11.8 Å². The second-order valence-electron chi connectivity index (χ2n) is 2.45. The van der Waals surface area contributed by atoms with Gasteiger partial charge in [0.15, 0.2) is 0 Å². The summed E-state index contributed by atoms with van der Waals surface area (Å²) in [6.07, 6.45) is 4.59. The first-order valence-electron chi connectivity index (χ1n) is 3.31. The highest BCUT2D eigenvalue weighted by molar-refractivity contribution is 7.38. The minimum Gasteiger partial charge on any atom is -0.369 e. The molecule has 1 aliphatic heterocycles. The van der Waals surface area contributed by atoms with Crippen molar-refractivity contribution in [2.24, 2.45) is 11.7 Å². The summed E-state index contributed by atoms with van der Waals surface area (Å²) in [5.74, 6) is 0.110. The first-order valence-corrected chi connectivity index (χ1v) is 4.72. The molecule has 0 aromatic rings. The maximum atomic E-state index is 10.6. The fraction of sp³-hybridized carbons (Fsp3) is 0.833. The number of carbonyl (C=O) groups excluding carboxylic acids is 1. The zero-order valence-electron chi connectivity index (χ0n) is 5.39. The molecule has 0 bridgehead atoms. The van der Waals surface area contributed by atoms with E-state index in [4.69, 9.17) is 5.73 Å². The van der Waals surface area contributed by atoms with E-state index in [1.807, 2.05) is 0 Å². The summed E-state index contributed by atoms with van der Waals surface area (Å²) in [5.41, 5.74) is 5.13. The van der Waals surface area contributed by atoms with Gasteiger partial charge in [0, 0.05) is 5.92 Å². The Hall–Kier alpha value is -0.100. The minimum atomic E-state index is -0.0952. The lowest BCUT2D eigenvalue weighted by Gasteiger charge is -2.17. The molecule has 1 fully saturated rings. The van der Waals surface area contributed by atoms with Gasteiger partial charge in [0.05, 0.1) is 0 Å². The molecule has 2 atom stereocenters. The molecule has 9 heavy (non-hydrogen) atoms. The number of rotatable bonds is 1. The van der Waals surface area contributed by atoms with Crippen LogP contribution in [0.4, 0.5) is 0 Å². The van der Waals surface area contributed by atoms with Gasteiger partial charge in [-0.15, -0.1) is 8.58 Å². The molecule has 0 aromatic carbocycles. The van der Waals surface area contributed by atoms with Crippen LogP contribution >= 0.6 is 8.58 Å². The van der Waals surface area contributed by atoms with Crippen LogP contribution in [0.5, 0.6) is 0 Å². The molecule has 1 rings (SSSR count). The Morgan fingerprint density at radius 1 is 1.67 bits per heavy atom. The summed E-state index contributed by atoms with van der Waals surface area (Å²) in [4.78, 5) is 10.6. The number of amides is 1. The van der Waals surface area contributed by atoms with Gasteiger partial charge >= 0.3 is 0 Å². The van der Waals surface area contributed by atoms with E-state index in [9.17, 15) is 4.79 Å². The van der Waals surface area contributed by atoms with Gasteiger partial charge < -0.3 is 5.73 Å². The van der Waals surface area contributed by atoms with Crippen LogP contribution in [0.1, 0.15) is 12.8 Å². The third-order valence-electron chi connectivity index (χ3n) is 1.70. The number of hydrogen-bond donors (Lipinski definition) is 1. The Kier molecular flexibility index (Phi) is 2.47. The summed E-state index contributed by atoms with van der Waals surface area (Å²) in [6.45, 7) is 0. The molecule has 3 heteroatoms. The van der Waals surface area contributed by atoms with Crippen LogP contribution in [0.2, 0.25) is 0 Å². The molecular formula is C6H12NOP. The Morgan fingerprint density at radius 2 is 2.44 bits per heavy atom. The molecule has 1 aliphatic rings. The molecule has 2 N–H and O–H groups in total. The monoisotopic (exact) mass is 145 g/mol. The van der Waals surface area contributed by atoms with Crippen LogP contribution in [0.25, 0.3) is 0 Å². The van der Waals surface area contributed by atoms with Gasteiger partial charge in [0.25, 0.3) is 0 Å². The van der Waals surface area contributed by atoms with E-state index in [2.05, 4.69) is 0 Å². The summed E-state index contributed by atoms with van der Waals surface area (Å²) < 4.78 is 0. The van der Waals surface area contributed by atoms with Crippen LogP contribution in [0.15, 0.2) is 0 Å². The smallest absolute Gasteiger partial charge is 0.220 e. The lowest BCUT2D eigenvalue weighted by Crippen LogP contribution is -2.26. The number of carbonyl (C=O) groups is 1. The molecule has 1 heterocycles. The Morgan fingerprint density at radius 3 is 2.78 bits per heavy atom. The molecule has 2 unspecified atom stereocenters. The van der Waals surface area contributed by atoms with Gasteiger partial charge in [-0.3, -0.25) is 4.79 Å². The molecule has 52 valence electrons. The molecule has 2 nitrogen and oxygen atoms in total. The highest BCUT2D eigenvalue weighted by atomic mass is 31.1. The quantitative estimate of drug-likeness (QED) is 0.538. The van der Waals surface area contributed by atoms with Gasteiger partial charge in [-0.25, -0.2) is 0 Å². The summed E-state index contributed by atoms with van der Waals surface area (Å²) in [7, 11) is 0.974. The SMILES string of the molecule is NC(=O)C1CCCPC1. The van der Waals surface area contributed by atoms with Gasteiger partial charge in [0.1, 0.15) is 0 Å². The summed E-state index contributed by atoms with van der Waals surface area (Å²) >= 11 is 0. The van der Waals surface area contributed by atoms with Crippen molar-refractivity contribution in [2.75, 3.05) is 12.3 Å². The van der Waals surface area contributed by atoms with Crippen LogP contribution in [0.3, 0.4) is 0 Å². The molecule has 0 spiro atoms. The van der Waals surface area contributed by atoms with Crippen molar-refractivity contribution in [1.82, 2.24) is 0 Å². The topological polar surface area (TPSA) is 43.1 Å². The van der Waals surface area contributed by atoms with Crippen LogP contribution < -0.4 is 5.73 Å². The van der Waals surface area contributed by atoms with Gasteiger partial charge in [-0.1, -0.05) is 0 Å². The van der Waals surface area contributed by atoms with E-state index in [1.54, 1.807) is 0 Å². The van der Waals surface area contributed by atoms with E-state index in [0.717, 1.165) is 21.2 Å². The first kappa shape index (κ1) is 7.01. The molecule has 0 aliphatic carbocycles. The number of hydrogen-bond acceptors (Lipinski definition) is 1. The molecule has 0 radical (unpaired) electrons. The van der Waals surface area contributed by atoms with Crippen molar-refractivity contribution >= 4 is 14.5 Å². The standard InChI is InChI=1S/C6H12NOP/c7-6(8)5-2-1-3-9-4-5/h5,9H,1-4H2,(H2,7,8). The third kappa shape index (κ3) is 1.94. The Labute approximate surface area is 57.0 Å². The zero-order valence-corrected chi connectivity index (χ0v) is 6.39. The molecular weight excluding hydrogens is 133 g/mol. The van der Waals surface area contributed by atoms with Crippen molar-refractivity contribution < 1.29 is 4.79 Å². The van der Waals surface area contributed by atoms with E-state index in [0.29, 0.717) is 0 Å². The Bertz CT molecular complexity index is 110. The lowest BCUT2D eigenvalue weighted by molar-refractivity contribution is -0.121. The normalized spacial score (nSPS) is 30.4. The lowest BCUT2D eigenvalue weighted by atomic mass is 10.1. The van der Waals surface area contributed by atoms with Crippen molar-refractivity contribution in [3.05, 3.63) is 0 Å². The largest absolute Gasteiger partial charge is 0.369 e. The van der Waals surface area contributed by atoms with Crippen molar-refractivity contribution in [1.29, 1.82) is 0 Å².